The van der Waals surface area contributed by atoms with E-state index in [0.29, 0.717) is 30.5 Å². The number of benzene rings is 2. The molecular weight excluding hydrogens is 318 g/mol. The average molecular weight is 337 g/mol. The van der Waals surface area contributed by atoms with Gasteiger partial charge in [-0.2, -0.15) is 5.10 Å². The molecule has 25 heavy (non-hydrogen) atoms. The molecule has 128 valence electrons. The molecular formula is C19H19N3O3. The Morgan fingerprint density at radius 2 is 1.76 bits per heavy atom. The molecule has 0 unspecified atom stereocenters. The van der Waals surface area contributed by atoms with Crippen LogP contribution in [0.4, 0.5) is 0 Å². The van der Waals surface area contributed by atoms with E-state index in [1.165, 1.54) is 0 Å². The van der Waals surface area contributed by atoms with Crippen molar-refractivity contribution in [2.24, 2.45) is 0 Å². The normalized spacial score (nSPS) is 10.6. The summed E-state index contributed by atoms with van der Waals surface area (Å²) in [5.74, 6) is 0.723. The number of carbonyl (C=O) groups is 1. The molecule has 1 amide bonds. The van der Waals surface area contributed by atoms with Gasteiger partial charge in [-0.3, -0.25) is 9.59 Å². The Morgan fingerprint density at radius 1 is 1.04 bits per heavy atom. The zero-order valence-corrected chi connectivity index (χ0v) is 13.7. The minimum atomic E-state index is -0.233. The fourth-order valence-corrected chi connectivity index (χ4v) is 2.52. The summed E-state index contributed by atoms with van der Waals surface area (Å²) in [6, 6.07) is 16.7. The Labute approximate surface area is 144 Å². The molecule has 0 aliphatic heterocycles. The highest BCUT2D eigenvalue weighted by molar-refractivity contribution is 5.84. The minimum absolute atomic E-state index is 0.0752. The van der Waals surface area contributed by atoms with E-state index < -0.39 is 0 Å². The van der Waals surface area contributed by atoms with Crippen molar-refractivity contribution in [1.29, 1.82) is 0 Å². The molecule has 3 aromatic rings. The van der Waals surface area contributed by atoms with Crippen LogP contribution >= 0.6 is 0 Å². The van der Waals surface area contributed by atoms with E-state index in [0.717, 1.165) is 11.1 Å². The van der Waals surface area contributed by atoms with Crippen LogP contribution in [0.15, 0.2) is 59.4 Å². The molecule has 0 atom stereocenters. The maximum Gasteiger partial charge on any atom is 0.272 e. The van der Waals surface area contributed by atoms with Crippen molar-refractivity contribution in [1.82, 2.24) is 15.5 Å². The molecule has 2 N–H and O–H groups in total. The summed E-state index contributed by atoms with van der Waals surface area (Å²) >= 11 is 0. The molecule has 0 saturated heterocycles. The number of amides is 1. The summed E-state index contributed by atoms with van der Waals surface area (Å²) in [5, 5.41) is 10.6. The van der Waals surface area contributed by atoms with Crippen LogP contribution in [-0.4, -0.2) is 22.7 Å². The highest BCUT2D eigenvalue weighted by Crippen LogP contribution is 2.12. The first-order valence-corrected chi connectivity index (χ1v) is 8.15. The van der Waals surface area contributed by atoms with Crippen LogP contribution < -0.4 is 15.6 Å². The van der Waals surface area contributed by atoms with Gasteiger partial charge in [-0.25, -0.2) is 5.10 Å². The summed E-state index contributed by atoms with van der Waals surface area (Å²) < 4.78 is 5.56. The molecule has 0 aliphatic carbocycles. The molecule has 0 radical (unpaired) electrons. The van der Waals surface area contributed by atoms with Gasteiger partial charge in [0.15, 0.2) is 0 Å². The van der Waals surface area contributed by atoms with Gasteiger partial charge in [-0.15, -0.1) is 0 Å². The second-order valence-electron chi connectivity index (χ2n) is 5.59. The van der Waals surface area contributed by atoms with Gasteiger partial charge < -0.3 is 10.1 Å². The molecule has 0 spiro atoms. The highest BCUT2D eigenvalue weighted by atomic mass is 16.5. The van der Waals surface area contributed by atoms with Crippen molar-refractivity contribution in [2.75, 3.05) is 6.61 Å². The predicted octanol–water partition coefficient (Wildman–Crippen LogP) is 2.40. The van der Waals surface area contributed by atoms with Gasteiger partial charge in [0, 0.05) is 11.8 Å². The Bertz CT molecular complexity index is 906. The third-order valence-electron chi connectivity index (χ3n) is 3.79. The molecule has 0 saturated carbocycles. The quantitative estimate of drug-likeness (QED) is 0.649. The lowest BCUT2D eigenvalue weighted by Gasteiger charge is -2.08. The number of hydrogen-bond donors (Lipinski definition) is 2. The molecule has 6 nitrogen and oxygen atoms in total. The van der Waals surface area contributed by atoms with E-state index in [1.54, 1.807) is 12.1 Å². The molecule has 1 heterocycles. The third-order valence-corrected chi connectivity index (χ3v) is 3.79. The van der Waals surface area contributed by atoms with E-state index in [9.17, 15) is 9.59 Å². The van der Waals surface area contributed by atoms with E-state index in [1.807, 2.05) is 42.5 Å². The lowest BCUT2D eigenvalue weighted by molar-refractivity contribution is -0.121. The van der Waals surface area contributed by atoms with Crippen molar-refractivity contribution < 1.29 is 9.53 Å². The van der Waals surface area contributed by atoms with Gasteiger partial charge in [0.2, 0.25) is 5.91 Å². The molecule has 0 aliphatic rings. The van der Waals surface area contributed by atoms with Crippen LogP contribution in [0.25, 0.3) is 10.8 Å². The number of fused-ring (bicyclic) bond motifs is 1. The summed E-state index contributed by atoms with van der Waals surface area (Å²) in [7, 11) is 0. The zero-order chi connectivity index (χ0) is 17.5. The lowest BCUT2D eigenvalue weighted by Crippen LogP contribution is -2.24. The van der Waals surface area contributed by atoms with Crippen LogP contribution in [-0.2, 0) is 11.3 Å². The van der Waals surface area contributed by atoms with Gasteiger partial charge in [-0.1, -0.05) is 36.4 Å². The Morgan fingerprint density at radius 3 is 2.56 bits per heavy atom. The van der Waals surface area contributed by atoms with Gasteiger partial charge in [0.05, 0.1) is 24.2 Å². The first-order valence-electron chi connectivity index (χ1n) is 8.15. The van der Waals surface area contributed by atoms with E-state index in [2.05, 4.69) is 15.5 Å². The smallest absolute Gasteiger partial charge is 0.272 e. The number of ether oxygens (including phenoxy) is 1. The fourth-order valence-electron chi connectivity index (χ4n) is 2.52. The topological polar surface area (TPSA) is 84.1 Å². The highest BCUT2D eigenvalue weighted by Gasteiger charge is 2.07. The number of aromatic nitrogens is 2. The van der Waals surface area contributed by atoms with Crippen molar-refractivity contribution >= 4 is 16.7 Å². The summed E-state index contributed by atoms with van der Waals surface area (Å²) in [5.41, 5.74) is 0.410. The standard InChI is InChI=1S/C19H19N3O3/c23-18(11-6-12-25-14-7-2-1-3-8-14)20-13-17-15-9-4-5-10-16(15)19(24)22-21-17/h1-5,7-10H,6,11-13H2,(H,20,23)(H,22,24). The SMILES string of the molecule is O=C(CCCOc1ccccc1)NCc1n[nH]c(=O)c2ccccc12. The van der Waals surface area contributed by atoms with Crippen LogP contribution in [0.1, 0.15) is 18.5 Å². The summed E-state index contributed by atoms with van der Waals surface area (Å²) in [6.07, 6.45) is 0.995. The van der Waals surface area contributed by atoms with Crippen molar-refractivity contribution in [3.63, 3.8) is 0 Å². The number of carbonyl (C=O) groups excluding carboxylic acids is 1. The Kier molecular flexibility index (Phi) is 5.41. The van der Waals surface area contributed by atoms with Crippen molar-refractivity contribution in [3.05, 3.63) is 70.6 Å². The van der Waals surface area contributed by atoms with Crippen LogP contribution in [0, 0.1) is 0 Å². The number of rotatable bonds is 7. The van der Waals surface area contributed by atoms with Crippen LogP contribution in [0.5, 0.6) is 5.75 Å². The molecule has 6 heteroatoms. The second-order valence-corrected chi connectivity index (χ2v) is 5.59. The Balaban J connectivity index is 1.48. The van der Waals surface area contributed by atoms with Crippen molar-refractivity contribution in [2.45, 2.75) is 19.4 Å². The van der Waals surface area contributed by atoms with E-state index in [-0.39, 0.29) is 18.0 Å². The van der Waals surface area contributed by atoms with Gasteiger partial charge in [0.25, 0.3) is 5.56 Å². The van der Waals surface area contributed by atoms with Gasteiger partial charge in [-0.05, 0) is 24.6 Å². The largest absolute Gasteiger partial charge is 0.494 e. The lowest BCUT2D eigenvalue weighted by atomic mass is 10.1. The van der Waals surface area contributed by atoms with Crippen LogP contribution in [0.3, 0.4) is 0 Å². The number of aromatic amines is 1. The first kappa shape index (κ1) is 16.7. The third kappa shape index (κ3) is 4.44. The second kappa shape index (κ2) is 8.10. The number of hydrogen-bond acceptors (Lipinski definition) is 4. The number of H-pyrrole nitrogens is 1. The summed E-state index contributed by atoms with van der Waals surface area (Å²) in [6.45, 7) is 0.757. The molecule has 1 aromatic heterocycles. The average Bonchev–Trinajstić information content (AvgIpc) is 2.66. The summed E-state index contributed by atoms with van der Waals surface area (Å²) in [4.78, 5) is 23.7. The maximum absolute atomic E-state index is 12.0. The van der Waals surface area contributed by atoms with Gasteiger partial charge in [0.1, 0.15) is 5.75 Å². The predicted molar refractivity (Wildman–Crippen MR) is 95.4 cm³/mol. The fraction of sp³-hybridized carbons (Fsp3) is 0.211. The number of nitrogens with zero attached hydrogens (tertiary/aromatic N) is 1. The molecule has 0 fully saturated rings. The zero-order valence-electron chi connectivity index (χ0n) is 13.7. The maximum atomic E-state index is 12.0. The molecule has 2 aromatic carbocycles. The Hall–Kier alpha value is -3.15. The number of para-hydroxylation sites is 1. The van der Waals surface area contributed by atoms with E-state index >= 15 is 0 Å². The minimum Gasteiger partial charge on any atom is -0.494 e. The van der Waals surface area contributed by atoms with Crippen LogP contribution in [0.2, 0.25) is 0 Å². The number of nitrogens with one attached hydrogen (secondary N) is 2. The van der Waals surface area contributed by atoms with Gasteiger partial charge >= 0.3 is 0 Å². The molecule has 3 rings (SSSR count). The van der Waals surface area contributed by atoms with Crippen molar-refractivity contribution in [3.8, 4) is 5.75 Å². The molecule has 0 bridgehead atoms. The van der Waals surface area contributed by atoms with E-state index in [4.69, 9.17) is 4.74 Å². The first-order chi connectivity index (χ1) is 12.2. The monoisotopic (exact) mass is 337 g/mol.